The molecule has 0 rings (SSSR count). The fourth-order valence-corrected chi connectivity index (χ4v) is 1.31. The highest BCUT2D eigenvalue weighted by Crippen LogP contribution is 2.14. The van der Waals surface area contributed by atoms with Gasteiger partial charge in [-0.15, -0.1) is 0 Å². The summed E-state index contributed by atoms with van der Waals surface area (Å²) in [5, 5.41) is 0. The normalized spacial score (nSPS) is 14.9. The molecule has 0 aromatic rings. The molecule has 0 N–H and O–H groups in total. The molecule has 0 spiro atoms. The smallest absolute Gasteiger partial charge is 0.0448 e. The third kappa shape index (κ3) is 5.30. The zero-order valence-electron chi connectivity index (χ0n) is 11.7. The monoisotopic (exact) mass is 229 g/mol. The van der Waals surface area contributed by atoms with Gasteiger partial charge in [-0.05, 0) is 45.8 Å². The standard InChI is InChI=1S/C16H23N/c1-8-10-16(11-9-2)15(7)17-14(6)13(5)12(3)4/h8-11H,1,3H2,2,4-7H3/b11-9-,14-13+,16-10+,17-15+. The van der Waals surface area contributed by atoms with E-state index in [1.807, 2.05) is 52.8 Å². The Morgan fingerprint density at radius 1 is 1.12 bits per heavy atom. The Morgan fingerprint density at radius 3 is 2.12 bits per heavy atom. The van der Waals surface area contributed by atoms with Crippen molar-refractivity contribution >= 4 is 5.71 Å². The summed E-state index contributed by atoms with van der Waals surface area (Å²) < 4.78 is 0. The summed E-state index contributed by atoms with van der Waals surface area (Å²) in [6.45, 7) is 17.7. The molecular weight excluding hydrogens is 206 g/mol. The van der Waals surface area contributed by atoms with Gasteiger partial charge in [0.25, 0.3) is 0 Å². The molecule has 0 bridgehead atoms. The second kappa shape index (κ2) is 7.61. The predicted molar refractivity (Wildman–Crippen MR) is 79.4 cm³/mol. The highest BCUT2D eigenvalue weighted by atomic mass is 14.7. The first-order valence-electron chi connectivity index (χ1n) is 5.78. The lowest BCUT2D eigenvalue weighted by Gasteiger charge is -2.05. The quantitative estimate of drug-likeness (QED) is 0.464. The molecule has 0 aromatic carbocycles. The summed E-state index contributed by atoms with van der Waals surface area (Å²) in [5.74, 6) is 0. The summed E-state index contributed by atoms with van der Waals surface area (Å²) >= 11 is 0. The van der Waals surface area contributed by atoms with Gasteiger partial charge in [0.15, 0.2) is 0 Å². The zero-order chi connectivity index (χ0) is 13.4. The molecule has 0 aromatic heterocycles. The predicted octanol–water partition coefficient (Wildman–Crippen LogP) is 5.01. The molecule has 0 aliphatic heterocycles. The summed E-state index contributed by atoms with van der Waals surface area (Å²) in [6, 6.07) is 0. The third-order valence-corrected chi connectivity index (χ3v) is 2.58. The van der Waals surface area contributed by atoms with E-state index in [1.165, 1.54) is 0 Å². The SMILES string of the molecule is C=C/C=C(\C=C/C)C(/C)=N/C(C)=C(\C)C(=C)C. The van der Waals surface area contributed by atoms with Crippen LogP contribution in [0.1, 0.15) is 34.6 Å². The van der Waals surface area contributed by atoms with E-state index in [1.54, 1.807) is 6.08 Å². The van der Waals surface area contributed by atoms with Crippen molar-refractivity contribution in [3.63, 3.8) is 0 Å². The van der Waals surface area contributed by atoms with Crippen LogP contribution in [0.15, 0.2) is 64.9 Å². The van der Waals surface area contributed by atoms with E-state index in [2.05, 4.69) is 18.2 Å². The number of rotatable bonds is 5. The molecule has 0 saturated carbocycles. The number of hydrogen-bond acceptors (Lipinski definition) is 1. The molecule has 1 nitrogen and oxygen atoms in total. The van der Waals surface area contributed by atoms with Crippen LogP contribution in [0.2, 0.25) is 0 Å². The van der Waals surface area contributed by atoms with Crippen molar-refractivity contribution in [2.45, 2.75) is 34.6 Å². The van der Waals surface area contributed by atoms with E-state index in [-0.39, 0.29) is 0 Å². The molecule has 1 heteroatoms. The third-order valence-electron chi connectivity index (χ3n) is 2.58. The van der Waals surface area contributed by atoms with Crippen LogP contribution in [-0.4, -0.2) is 5.71 Å². The van der Waals surface area contributed by atoms with Gasteiger partial charge in [-0.1, -0.05) is 43.0 Å². The average Bonchev–Trinajstić information content (AvgIpc) is 2.27. The van der Waals surface area contributed by atoms with E-state index in [0.717, 1.165) is 28.1 Å². The van der Waals surface area contributed by atoms with E-state index in [0.29, 0.717) is 0 Å². The lowest BCUT2D eigenvalue weighted by atomic mass is 10.1. The molecule has 0 fully saturated rings. The molecule has 0 amide bonds. The van der Waals surface area contributed by atoms with Gasteiger partial charge in [-0.2, -0.15) is 0 Å². The maximum atomic E-state index is 4.60. The number of nitrogens with zero attached hydrogens (tertiary/aromatic N) is 1. The van der Waals surface area contributed by atoms with Crippen molar-refractivity contribution in [3.05, 3.63) is 59.9 Å². The Bertz CT molecular complexity index is 415. The van der Waals surface area contributed by atoms with Crippen LogP contribution in [-0.2, 0) is 0 Å². The lowest BCUT2D eigenvalue weighted by Crippen LogP contribution is -1.96. The van der Waals surface area contributed by atoms with Crippen molar-refractivity contribution in [1.29, 1.82) is 0 Å². The van der Waals surface area contributed by atoms with Gasteiger partial charge in [-0.25, -0.2) is 0 Å². The van der Waals surface area contributed by atoms with Crippen molar-refractivity contribution in [3.8, 4) is 0 Å². The van der Waals surface area contributed by atoms with Crippen molar-refractivity contribution < 1.29 is 0 Å². The minimum absolute atomic E-state index is 0.987. The second-order valence-electron chi connectivity index (χ2n) is 4.05. The maximum Gasteiger partial charge on any atom is 0.0448 e. The number of aliphatic imine (C=N–C) groups is 1. The second-order valence-corrected chi connectivity index (χ2v) is 4.05. The van der Waals surface area contributed by atoms with Crippen LogP contribution in [0.4, 0.5) is 0 Å². The van der Waals surface area contributed by atoms with Gasteiger partial charge >= 0.3 is 0 Å². The Hall–Kier alpha value is -1.63. The van der Waals surface area contributed by atoms with Gasteiger partial charge in [0.1, 0.15) is 0 Å². The summed E-state index contributed by atoms with van der Waals surface area (Å²) in [5.41, 5.74) is 5.27. The molecule has 0 aliphatic rings. The van der Waals surface area contributed by atoms with Gasteiger partial charge in [0.05, 0.1) is 0 Å². The lowest BCUT2D eigenvalue weighted by molar-refractivity contribution is 1.19. The van der Waals surface area contributed by atoms with Gasteiger partial charge in [0, 0.05) is 11.4 Å². The first-order chi connectivity index (χ1) is 7.93. The van der Waals surface area contributed by atoms with Crippen LogP contribution in [0.3, 0.4) is 0 Å². The summed E-state index contributed by atoms with van der Waals surface area (Å²) in [7, 11) is 0. The van der Waals surface area contributed by atoms with E-state index >= 15 is 0 Å². The molecule has 92 valence electrons. The maximum absolute atomic E-state index is 4.60. The molecule has 17 heavy (non-hydrogen) atoms. The number of hydrogen-bond donors (Lipinski definition) is 0. The molecular formula is C16H23N. The molecule has 0 aliphatic carbocycles. The van der Waals surface area contributed by atoms with Crippen LogP contribution in [0.25, 0.3) is 0 Å². The summed E-state index contributed by atoms with van der Waals surface area (Å²) in [6.07, 6.45) is 7.77. The minimum Gasteiger partial charge on any atom is -0.258 e. The van der Waals surface area contributed by atoms with Crippen molar-refractivity contribution in [2.24, 2.45) is 4.99 Å². The Labute approximate surface area is 106 Å². The van der Waals surface area contributed by atoms with Crippen molar-refractivity contribution in [2.75, 3.05) is 0 Å². The van der Waals surface area contributed by atoms with Crippen LogP contribution >= 0.6 is 0 Å². The van der Waals surface area contributed by atoms with Gasteiger partial charge in [-0.3, -0.25) is 4.99 Å². The Morgan fingerprint density at radius 2 is 1.71 bits per heavy atom. The highest BCUT2D eigenvalue weighted by molar-refractivity contribution is 6.01. The molecule has 0 radical (unpaired) electrons. The average molecular weight is 229 g/mol. The van der Waals surface area contributed by atoms with Crippen LogP contribution in [0.5, 0.6) is 0 Å². The van der Waals surface area contributed by atoms with Crippen LogP contribution in [0, 0.1) is 0 Å². The highest BCUT2D eigenvalue weighted by Gasteiger charge is 2.00. The molecule has 0 atom stereocenters. The Balaban J connectivity index is 5.35. The summed E-state index contributed by atoms with van der Waals surface area (Å²) in [4.78, 5) is 4.60. The van der Waals surface area contributed by atoms with E-state index in [4.69, 9.17) is 0 Å². The largest absolute Gasteiger partial charge is 0.258 e. The van der Waals surface area contributed by atoms with E-state index < -0.39 is 0 Å². The molecule has 0 unspecified atom stereocenters. The first-order valence-corrected chi connectivity index (χ1v) is 5.78. The van der Waals surface area contributed by atoms with Gasteiger partial charge < -0.3 is 0 Å². The van der Waals surface area contributed by atoms with E-state index in [9.17, 15) is 0 Å². The first kappa shape index (κ1) is 15.4. The molecule has 0 heterocycles. The van der Waals surface area contributed by atoms with Gasteiger partial charge in [0.2, 0.25) is 0 Å². The number of allylic oxidation sites excluding steroid dienone is 8. The van der Waals surface area contributed by atoms with Crippen molar-refractivity contribution in [1.82, 2.24) is 0 Å². The fourth-order valence-electron chi connectivity index (χ4n) is 1.31. The zero-order valence-corrected chi connectivity index (χ0v) is 11.7. The minimum atomic E-state index is 0.987. The molecule has 0 saturated heterocycles. The Kier molecular flexibility index (Phi) is 6.88. The topological polar surface area (TPSA) is 12.4 Å². The van der Waals surface area contributed by atoms with Crippen LogP contribution < -0.4 is 0 Å². The fraction of sp³-hybridized carbons (Fsp3) is 0.312.